The Bertz CT molecular complexity index is 700. The molecule has 0 amide bonds. The van der Waals surface area contributed by atoms with Gasteiger partial charge in [0.15, 0.2) is 6.61 Å². The van der Waals surface area contributed by atoms with Crippen molar-refractivity contribution < 1.29 is 23.6 Å². The number of esters is 1. The van der Waals surface area contributed by atoms with Gasteiger partial charge in [-0.05, 0) is 25.1 Å². The molecule has 0 unspecified atom stereocenters. The molecule has 0 aliphatic carbocycles. The molecule has 0 spiro atoms. The van der Waals surface area contributed by atoms with Gasteiger partial charge in [0.2, 0.25) is 5.75 Å². The fourth-order valence-electron chi connectivity index (χ4n) is 1.65. The van der Waals surface area contributed by atoms with Crippen molar-refractivity contribution in [1.82, 2.24) is 0 Å². The van der Waals surface area contributed by atoms with E-state index < -0.39 is 34.8 Å². The number of benzene rings is 2. The number of halogens is 1. The summed E-state index contributed by atoms with van der Waals surface area (Å²) in [5.74, 6) is -1.61. The third-order valence-corrected chi connectivity index (χ3v) is 2.72. The molecular weight excluding hydrogens is 293 g/mol. The van der Waals surface area contributed by atoms with Crippen LogP contribution in [0.15, 0.2) is 42.5 Å². The molecule has 7 heteroatoms. The van der Waals surface area contributed by atoms with E-state index in [1.807, 2.05) is 6.92 Å². The standard InChI is InChI=1S/C15H12FNO5/c1-10-2-5-12(6-3-10)21-9-15(18)22-14-8-11(16)4-7-13(14)17(19)20/h2-8H,9H2,1H3. The van der Waals surface area contributed by atoms with Crippen LogP contribution in [0.2, 0.25) is 0 Å². The van der Waals surface area contributed by atoms with Gasteiger partial charge in [0.05, 0.1) is 4.92 Å². The molecule has 0 aliphatic heterocycles. The summed E-state index contributed by atoms with van der Waals surface area (Å²) in [7, 11) is 0. The minimum absolute atomic E-state index is 0.448. The number of rotatable bonds is 5. The van der Waals surface area contributed by atoms with Crippen LogP contribution >= 0.6 is 0 Å². The molecule has 0 N–H and O–H groups in total. The molecular formula is C15H12FNO5. The summed E-state index contributed by atoms with van der Waals surface area (Å²) in [6, 6.07) is 9.58. The lowest BCUT2D eigenvalue weighted by Crippen LogP contribution is -2.18. The van der Waals surface area contributed by atoms with Gasteiger partial charge in [0.1, 0.15) is 11.6 Å². The van der Waals surface area contributed by atoms with Gasteiger partial charge in [-0.1, -0.05) is 17.7 Å². The quantitative estimate of drug-likeness (QED) is 0.367. The van der Waals surface area contributed by atoms with Crippen molar-refractivity contribution in [2.75, 3.05) is 6.61 Å². The Labute approximate surface area is 125 Å². The van der Waals surface area contributed by atoms with Crippen molar-refractivity contribution in [3.63, 3.8) is 0 Å². The van der Waals surface area contributed by atoms with Gasteiger partial charge in [0.25, 0.3) is 0 Å². The average molecular weight is 305 g/mol. The highest BCUT2D eigenvalue weighted by molar-refractivity contribution is 5.75. The van der Waals surface area contributed by atoms with Crippen molar-refractivity contribution in [2.45, 2.75) is 6.92 Å². The van der Waals surface area contributed by atoms with Gasteiger partial charge in [-0.15, -0.1) is 0 Å². The monoisotopic (exact) mass is 305 g/mol. The van der Waals surface area contributed by atoms with E-state index in [0.29, 0.717) is 5.75 Å². The minimum Gasteiger partial charge on any atom is -0.482 e. The summed E-state index contributed by atoms with van der Waals surface area (Å²) in [6.07, 6.45) is 0. The Balaban J connectivity index is 2.01. The topological polar surface area (TPSA) is 78.7 Å². The normalized spacial score (nSPS) is 10.1. The third-order valence-electron chi connectivity index (χ3n) is 2.72. The van der Waals surface area contributed by atoms with E-state index >= 15 is 0 Å². The summed E-state index contributed by atoms with van der Waals surface area (Å²) in [4.78, 5) is 21.7. The zero-order chi connectivity index (χ0) is 16.1. The predicted molar refractivity (Wildman–Crippen MR) is 75.4 cm³/mol. The van der Waals surface area contributed by atoms with Crippen molar-refractivity contribution in [3.05, 3.63) is 64.0 Å². The van der Waals surface area contributed by atoms with E-state index in [1.54, 1.807) is 24.3 Å². The second kappa shape index (κ2) is 6.66. The van der Waals surface area contributed by atoms with Gasteiger partial charge >= 0.3 is 11.7 Å². The van der Waals surface area contributed by atoms with E-state index in [2.05, 4.69) is 0 Å². The lowest BCUT2D eigenvalue weighted by atomic mass is 10.2. The first-order valence-corrected chi connectivity index (χ1v) is 6.30. The van der Waals surface area contributed by atoms with Crippen molar-refractivity contribution >= 4 is 11.7 Å². The fourth-order valence-corrected chi connectivity index (χ4v) is 1.65. The van der Waals surface area contributed by atoms with E-state index in [-0.39, 0.29) is 0 Å². The first-order chi connectivity index (χ1) is 10.5. The Kier molecular flexibility index (Phi) is 4.67. The number of ether oxygens (including phenoxy) is 2. The van der Waals surface area contributed by atoms with E-state index in [4.69, 9.17) is 9.47 Å². The van der Waals surface area contributed by atoms with E-state index in [1.165, 1.54) is 0 Å². The zero-order valence-corrected chi connectivity index (χ0v) is 11.6. The number of aryl methyl sites for hydroxylation is 1. The van der Waals surface area contributed by atoms with Gasteiger partial charge in [0, 0.05) is 12.1 Å². The SMILES string of the molecule is Cc1ccc(OCC(=O)Oc2cc(F)ccc2[N+](=O)[O-])cc1. The molecule has 0 fully saturated rings. The molecule has 2 rings (SSSR count). The molecule has 0 saturated carbocycles. The van der Waals surface area contributed by atoms with E-state index in [0.717, 1.165) is 23.8 Å². The molecule has 6 nitrogen and oxygen atoms in total. The Morgan fingerprint density at radius 3 is 2.55 bits per heavy atom. The molecule has 0 heterocycles. The minimum atomic E-state index is -0.866. The van der Waals surface area contributed by atoms with Gasteiger partial charge in [-0.2, -0.15) is 0 Å². The molecule has 0 saturated heterocycles. The second-order valence-electron chi connectivity index (χ2n) is 4.44. The third kappa shape index (κ3) is 4.02. The largest absolute Gasteiger partial charge is 0.482 e. The van der Waals surface area contributed by atoms with Crippen LogP contribution in [0, 0.1) is 22.9 Å². The predicted octanol–water partition coefficient (Wildman–Crippen LogP) is 3.03. The van der Waals surface area contributed by atoms with Gasteiger partial charge in [-0.3, -0.25) is 10.1 Å². The molecule has 0 aliphatic rings. The number of hydrogen-bond donors (Lipinski definition) is 0. The summed E-state index contributed by atoms with van der Waals surface area (Å²) >= 11 is 0. The highest BCUT2D eigenvalue weighted by atomic mass is 19.1. The van der Waals surface area contributed by atoms with Crippen LogP contribution in [0.25, 0.3) is 0 Å². The van der Waals surface area contributed by atoms with Gasteiger partial charge < -0.3 is 9.47 Å². The summed E-state index contributed by atoms with van der Waals surface area (Å²) in [5, 5.41) is 10.8. The summed E-state index contributed by atoms with van der Waals surface area (Å²) in [5.41, 5.74) is 0.537. The molecule has 0 radical (unpaired) electrons. The second-order valence-corrected chi connectivity index (χ2v) is 4.44. The molecule has 0 aromatic heterocycles. The number of hydrogen-bond acceptors (Lipinski definition) is 5. The highest BCUT2D eigenvalue weighted by Crippen LogP contribution is 2.27. The summed E-state index contributed by atoms with van der Waals surface area (Å²) < 4.78 is 23.1. The lowest BCUT2D eigenvalue weighted by Gasteiger charge is -2.07. The van der Waals surface area contributed by atoms with Crippen molar-refractivity contribution in [1.29, 1.82) is 0 Å². The molecule has 2 aromatic carbocycles. The molecule has 22 heavy (non-hydrogen) atoms. The highest BCUT2D eigenvalue weighted by Gasteiger charge is 2.19. The van der Waals surface area contributed by atoms with Gasteiger partial charge in [-0.25, -0.2) is 9.18 Å². The first-order valence-electron chi connectivity index (χ1n) is 6.30. The maximum Gasteiger partial charge on any atom is 0.349 e. The average Bonchev–Trinajstić information content (AvgIpc) is 2.46. The number of nitro benzene ring substituents is 1. The lowest BCUT2D eigenvalue weighted by molar-refractivity contribution is -0.385. The van der Waals surface area contributed by atoms with Crippen LogP contribution in [0.1, 0.15) is 5.56 Å². The van der Waals surface area contributed by atoms with Crippen molar-refractivity contribution in [3.8, 4) is 11.5 Å². The maximum absolute atomic E-state index is 13.1. The summed E-state index contributed by atoms with van der Waals surface area (Å²) in [6.45, 7) is 1.46. The smallest absolute Gasteiger partial charge is 0.349 e. The van der Waals surface area contributed by atoms with E-state index in [9.17, 15) is 19.3 Å². The molecule has 2 aromatic rings. The first kappa shape index (κ1) is 15.4. The number of nitrogens with zero attached hydrogens (tertiary/aromatic N) is 1. The van der Waals surface area contributed by atoms with Crippen LogP contribution in [-0.4, -0.2) is 17.5 Å². The van der Waals surface area contributed by atoms with Crippen LogP contribution in [0.3, 0.4) is 0 Å². The van der Waals surface area contributed by atoms with Crippen LogP contribution in [0.4, 0.5) is 10.1 Å². The maximum atomic E-state index is 13.1. The Morgan fingerprint density at radius 1 is 1.23 bits per heavy atom. The fraction of sp³-hybridized carbons (Fsp3) is 0.133. The van der Waals surface area contributed by atoms with Crippen LogP contribution in [-0.2, 0) is 4.79 Å². The zero-order valence-electron chi connectivity index (χ0n) is 11.6. The molecule has 0 atom stereocenters. The number of carbonyl (C=O) groups excluding carboxylic acids is 1. The Morgan fingerprint density at radius 2 is 1.91 bits per heavy atom. The van der Waals surface area contributed by atoms with Crippen LogP contribution in [0.5, 0.6) is 11.5 Å². The molecule has 0 bridgehead atoms. The number of nitro groups is 1. The van der Waals surface area contributed by atoms with Crippen LogP contribution < -0.4 is 9.47 Å². The Hall–Kier alpha value is -2.96. The van der Waals surface area contributed by atoms with Crippen molar-refractivity contribution in [2.24, 2.45) is 0 Å². The molecule has 114 valence electrons. The number of carbonyl (C=O) groups is 1.